The fourth-order valence-electron chi connectivity index (χ4n) is 2.36. The van der Waals surface area contributed by atoms with Gasteiger partial charge in [0.2, 0.25) is 0 Å². The zero-order valence-corrected chi connectivity index (χ0v) is 13.7. The molecule has 0 fully saturated rings. The lowest BCUT2D eigenvalue weighted by Gasteiger charge is -2.15. The van der Waals surface area contributed by atoms with Crippen molar-refractivity contribution in [3.8, 4) is 0 Å². The highest BCUT2D eigenvalue weighted by Gasteiger charge is 2.18. The van der Waals surface area contributed by atoms with E-state index in [0.717, 1.165) is 22.3 Å². The molecule has 1 heterocycles. The minimum Gasteiger partial charge on any atom is -0.289 e. The summed E-state index contributed by atoms with van der Waals surface area (Å²) >= 11 is 1.59. The fourth-order valence-corrected chi connectivity index (χ4v) is 3.19. The highest BCUT2D eigenvalue weighted by molar-refractivity contribution is 7.08. The summed E-state index contributed by atoms with van der Waals surface area (Å²) in [5.74, 6) is 0.994. The molecule has 0 N–H and O–H groups in total. The maximum absolute atomic E-state index is 12.7. The van der Waals surface area contributed by atoms with Gasteiger partial charge in [-0.25, -0.2) is 0 Å². The number of benzene rings is 1. The van der Waals surface area contributed by atoms with Crippen molar-refractivity contribution in [3.63, 3.8) is 0 Å². The summed E-state index contributed by atoms with van der Waals surface area (Å²) in [5, 5.41) is 3.99. The first-order chi connectivity index (χ1) is 9.41. The van der Waals surface area contributed by atoms with E-state index in [9.17, 15) is 4.79 Å². The molecule has 2 rings (SSSR count). The molecule has 1 aromatic heterocycles. The second-order valence-corrected chi connectivity index (χ2v) is 6.70. The van der Waals surface area contributed by atoms with Crippen molar-refractivity contribution in [2.24, 2.45) is 0 Å². The van der Waals surface area contributed by atoms with Crippen molar-refractivity contribution >= 4 is 17.1 Å². The number of rotatable bonds is 4. The Hall–Kier alpha value is -1.41. The van der Waals surface area contributed by atoms with E-state index in [1.807, 2.05) is 23.8 Å². The molecule has 0 aliphatic carbocycles. The molecule has 1 aromatic carbocycles. The van der Waals surface area contributed by atoms with Crippen molar-refractivity contribution in [2.75, 3.05) is 0 Å². The van der Waals surface area contributed by atoms with E-state index in [1.165, 1.54) is 5.56 Å². The quantitative estimate of drug-likeness (QED) is 0.675. The maximum atomic E-state index is 12.7. The zero-order valence-electron chi connectivity index (χ0n) is 12.9. The summed E-state index contributed by atoms with van der Waals surface area (Å²) in [7, 11) is 0. The van der Waals surface area contributed by atoms with Crippen molar-refractivity contribution in [3.05, 3.63) is 56.8 Å². The van der Waals surface area contributed by atoms with E-state index >= 15 is 0 Å². The molecule has 0 atom stereocenters. The van der Waals surface area contributed by atoms with Crippen LogP contribution in [0.25, 0.3) is 0 Å². The van der Waals surface area contributed by atoms with Gasteiger partial charge in [-0.2, -0.15) is 11.3 Å². The van der Waals surface area contributed by atoms with E-state index in [2.05, 4.69) is 39.8 Å². The molecule has 2 heteroatoms. The van der Waals surface area contributed by atoms with Crippen molar-refractivity contribution in [1.82, 2.24) is 0 Å². The van der Waals surface area contributed by atoms with E-state index in [0.29, 0.717) is 11.8 Å². The Balaban J connectivity index is 2.51. The van der Waals surface area contributed by atoms with E-state index in [4.69, 9.17) is 0 Å². The topological polar surface area (TPSA) is 17.1 Å². The monoisotopic (exact) mass is 286 g/mol. The van der Waals surface area contributed by atoms with Crippen LogP contribution < -0.4 is 0 Å². The van der Waals surface area contributed by atoms with Gasteiger partial charge < -0.3 is 0 Å². The van der Waals surface area contributed by atoms with Crippen LogP contribution in [0.1, 0.15) is 72.1 Å². The molecule has 0 bridgehead atoms. The molecule has 20 heavy (non-hydrogen) atoms. The third-order valence-corrected chi connectivity index (χ3v) is 4.57. The lowest BCUT2D eigenvalue weighted by Crippen LogP contribution is -2.08. The highest BCUT2D eigenvalue weighted by Crippen LogP contribution is 2.28. The molecule has 106 valence electrons. The van der Waals surface area contributed by atoms with E-state index in [-0.39, 0.29) is 5.78 Å². The van der Waals surface area contributed by atoms with Crippen LogP contribution in [-0.4, -0.2) is 5.78 Å². The number of hydrogen-bond acceptors (Lipinski definition) is 2. The average molecular weight is 286 g/mol. The lowest BCUT2D eigenvalue weighted by molar-refractivity contribution is 0.103. The SMILES string of the molecule is Cc1cscc1C(=O)c1ccc(C(C)C)cc1C(C)C. The van der Waals surface area contributed by atoms with Crippen LogP contribution in [-0.2, 0) is 0 Å². The summed E-state index contributed by atoms with van der Waals surface area (Å²) in [5.41, 5.74) is 5.22. The summed E-state index contributed by atoms with van der Waals surface area (Å²) in [6, 6.07) is 6.29. The molecule has 2 aromatic rings. The minimum atomic E-state index is 0.155. The molecule has 0 unspecified atom stereocenters. The summed E-state index contributed by atoms with van der Waals surface area (Å²) in [4.78, 5) is 12.7. The number of hydrogen-bond donors (Lipinski definition) is 0. The summed E-state index contributed by atoms with van der Waals surface area (Å²) in [6.45, 7) is 10.7. The first-order valence-corrected chi connectivity index (χ1v) is 8.07. The summed E-state index contributed by atoms with van der Waals surface area (Å²) in [6.07, 6.45) is 0. The standard InChI is InChI=1S/C18H22OS/c1-11(2)14-6-7-15(16(8-14)12(3)4)18(19)17-10-20-9-13(17)5/h6-12H,1-5H3. The highest BCUT2D eigenvalue weighted by atomic mass is 32.1. The number of carbonyl (C=O) groups is 1. The van der Waals surface area contributed by atoms with Crippen LogP contribution in [0.15, 0.2) is 29.0 Å². The third kappa shape index (κ3) is 2.85. The van der Waals surface area contributed by atoms with Gasteiger partial charge in [0.25, 0.3) is 0 Å². The normalized spacial score (nSPS) is 11.3. The molecule has 0 aliphatic heterocycles. The molecular formula is C18H22OS. The second-order valence-electron chi connectivity index (χ2n) is 5.95. The predicted molar refractivity (Wildman–Crippen MR) is 87.1 cm³/mol. The number of carbonyl (C=O) groups excluding carboxylic acids is 1. The Bertz CT molecular complexity index is 620. The molecule has 0 saturated heterocycles. The molecular weight excluding hydrogens is 264 g/mol. The Morgan fingerprint density at radius 3 is 2.20 bits per heavy atom. The van der Waals surface area contributed by atoms with Gasteiger partial charge >= 0.3 is 0 Å². The Morgan fingerprint density at radius 1 is 1.00 bits per heavy atom. The van der Waals surface area contributed by atoms with Crippen LogP contribution in [0.3, 0.4) is 0 Å². The third-order valence-electron chi connectivity index (χ3n) is 3.71. The van der Waals surface area contributed by atoms with Gasteiger partial charge in [-0.3, -0.25) is 4.79 Å². The van der Waals surface area contributed by atoms with E-state index < -0.39 is 0 Å². The Morgan fingerprint density at radius 2 is 1.70 bits per heavy atom. The molecule has 0 aliphatic rings. The van der Waals surface area contributed by atoms with E-state index in [1.54, 1.807) is 11.3 Å². The first kappa shape index (κ1) is 15.0. The molecule has 0 amide bonds. The minimum absolute atomic E-state index is 0.155. The molecule has 0 saturated carbocycles. The van der Waals surface area contributed by atoms with Gasteiger partial charge in [0.1, 0.15) is 0 Å². The number of ketones is 1. The number of aryl methyl sites for hydroxylation is 1. The van der Waals surface area contributed by atoms with Gasteiger partial charge in [-0.15, -0.1) is 0 Å². The van der Waals surface area contributed by atoms with Crippen LogP contribution in [0.4, 0.5) is 0 Å². The smallest absolute Gasteiger partial charge is 0.194 e. The van der Waals surface area contributed by atoms with Crippen LogP contribution in [0, 0.1) is 6.92 Å². The van der Waals surface area contributed by atoms with Crippen molar-refractivity contribution in [1.29, 1.82) is 0 Å². The predicted octanol–water partition coefficient (Wildman–Crippen LogP) is 5.53. The van der Waals surface area contributed by atoms with Gasteiger partial charge in [-0.05, 0) is 40.8 Å². The van der Waals surface area contributed by atoms with Crippen LogP contribution in [0.5, 0.6) is 0 Å². The maximum Gasteiger partial charge on any atom is 0.194 e. The Labute approximate surface area is 125 Å². The van der Waals surface area contributed by atoms with Crippen LogP contribution in [0.2, 0.25) is 0 Å². The molecule has 1 nitrogen and oxygen atoms in total. The second kappa shape index (κ2) is 5.92. The number of thiophene rings is 1. The first-order valence-electron chi connectivity index (χ1n) is 7.13. The largest absolute Gasteiger partial charge is 0.289 e. The average Bonchev–Trinajstić information content (AvgIpc) is 2.83. The Kier molecular flexibility index (Phi) is 4.44. The molecule has 0 radical (unpaired) electrons. The van der Waals surface area contributed by atoms with Gasteiger partial charge in [0, 0.05) is 16.5 Å². The van der Waals surface area contributed by atoms with Crippen molar-refractivity contribution in [2.45, 2.75) is 46.5 Å². The van der Waals surface area contributed by atoms with Gasteiger partial charge in [0.05, 0.1) is 0 Å². The summed E-state index contributed by atoms with van der Waals surface area (Å²) < 4.78 is 0. The van der Waals surface area contributed by atoms with Gasteiger partial charge in [-0.1, -0.05) is 45.9 Å². The van der Waals surface area contributed by atoms with Gasteiger partial charge in [0.15, 0.2) is 5.78 Å². The fraction of sp³-hybridized carbons (Fsp3) is 0.389. The zero-order chi connectivity index (χ0) is 14.9. The lowest BCUT2D eigenvalue weighted by atomic mass is 9.88. The molecule has 0 spiro atoms. The van der Waals surface area contributed by atoms with Crippen LogP contribution >= 0.6 is 11.3 Å². The van der Waals surface area contributed by atoms with Crippen molar-refractivity contribution < 1.29 is 4.79 Å².